The monoisotopic (exact) mass is 303 g/mol. The molecule has 22 heavy (non-hydrogen) atoms. The number of rotatable bonds is 3. The van der Waals surface area contributed by atoms with E-state index in [4.69, 9.17) is 5.73 Å². The summed E-state index contributed by atoms with van der Waals surface area (Å²) < 4.78 is 0. The first-order valence-corrected chi connectivity index (χ1v) is 8.30. The molecule has 1 aliphatic carbocycles. The van der Waals surface area contributed by atoms with Crippen LogP contribution in [0.15, 0.2) is 18.3 Å². The van der Waals surface area contributed by atoms with Gasteiger partial charge in [-0.1, -0.05) is 12.8 Å². The van der Waals surface area contributed by atoms with Crippen LogP contribution >= 0.6 is 0 Å². The van der Waals surface area contributed by atoms with Gasteiger partial charge in [0.15, 0.2) is 5.82 Å². The normalized spacial score (nSPS) is 26.0. The van der Waals surface area contributed by atoms with Crippen LogP contribution in [0.3, 0.4) is 0 Å². The number of nitrogens with two attached hydrogens (primary N) is 1. The van der Waals surface area contributed by atoms with Gasteiger partial charge in [-0.15, -0.1) is 5.10 Å². The summed E-state index contributed by atoms with van der Waals surface area (Å²) in [6.45, 7) is 3.16. The molecule has 1 aromatic rings. The minimum absolute atomic E-state index is 0.207. The molecule has 1 aromatic heterocycles. The van der Waals surface area contributed by atoms with Crippen molar-refractivity contribution < 1.29 is 4.79 Å². The van der Waals surface area contributed by atoms with Crippen molar-refractivity contribution in [2.45, 2.75) is 38.1 Å². The molecule has 0 aromatic carbocycles. The SMILES string of the molecule is N[C@@H]1CCCC[C@@H]1CC(=O)N1CCN(c2cccnn2)CC1. The quantitative estimate of drug-likeness (QED) is 0.903. The molecule has 2 heterocycles. The highest BCUT2D eigenvalue weighted by molar-refractivity contribution is 5.76. The zero-order valence-electron chi connectivity index (χ0n) is 13.0. The van der Waals surface area contributed by atoms with Crippen LogP contribution < -0.4 is 10.6 Å². The summed E-state index contributed by atoms with van der Waals surface area (Å²) >= 11 is 0. The molecular weight excluding hydrogens is 278 g/mol. The molecule has 6 nitrogen and oxygen atoms in total. The maximum Gasteiger partial charge on any atom is 0.223 e. The van der Waals surface area contributed by atoms with Crippen LogP contribution in [-0.2, 0) is 4.79 Å². The minimum Gasteiger partial charge on any atom is -0.352 e. The van der Waals surface area contributed by atoms with E-state index in [9.17, 15) is 4.79 Å². The Morgan fingerprint density at radius 2 is 2.00 bits per heavy atom. The molecule has 0 bridgehead atoms. The first-order valence-electron chi connectivity index (χ1n) is 8.30. The molecule has 3 rings (SSSR count). The van der Waals surface area contributed by atoms with Crippen LogP contribution in [0.1, 0.15) is 32.1 Å². The number of aromatic nitrogens is 2. The van der Waals surface area contributed by atoms with E-state index in [1.54, 1.807) is 6.20 Å². The van der Waals surface area contributed by atoms with E-state index in [0.717, 1.165) is 44.8 Å². The van der Waals surface area contributed by atoms with Crippen molar-refractivity contribution in [3.8, 4) is 0 Å². The smallest absolute Gasteiger partial charge is 0.223 e. The summed E-state index contributed by atoms with van der Waals surface area (Å²) in [5.41, 5.74) is 6.16. The van der Waals surface area contributed by atoms with Crippen molar-refractivity contribution in [2.75, 3.05) is 31.1 Å². The van der Waals surface area contributed by atoms with Crippen LogP contribution in [0, 0.1) is 5.92 Å². The Bertz CT molecular complexity index is 487. The standard InChI is InChI=1S/C16H25N5O/c17-14-5-2-1-4-13(14)12-16(22)21-10-8-20(9-11-21)15-6-3-7-18-19-15/h3,6-7,13-14H,1-2,4-5,8-12,17H2/t13-,14-/m1/s1. The zero-order valence-corrected chi connectivity index (χ0v) is 13.0. The lowest BCUT2D eigenvalue weighted by molar-refractivity contribution is -0.132. The van der Waals surface area contributed by atoms with Crippen LogP contribution in [0.4, 0.5) is 5.82 Å². The zero-order chi connectivity index (χ0) is 15.4. The Balaban J connectivity index is 1.49. The number of piperazine rings is 1. The first-order chi connectivity index (χ1) is 10.7. The topological polar surface area (TPSA) is 75.4 Å². The third-order valence-electron chi connectivity index (χ3n) is 4.92. The highest BCUT2D eigenvalue weighted by Gasteiger charge is 2.28. The predicted molar refractivity (Wildman–Crippen MR) is 85.4 cm³/mol. The van der Waals surface area contributed by atoms with Gasteiger partial charge in [0.1, 0.15) is 0 Å². The summed E-state index contributed by atoms with van der Waals surface area (Å²) in [6, 6.07) is 4.06. The number of carbonyl (C=O) groups excluding carboxylic acids is 1. The van der Waals surface area contributed by atoms with Crippen LogP contribution in [0.5, 0.6) is 0 Å². The lowest BCUT2D eigenvalue weighted by atomic mass is 9.82. The predicted octanol–water partition coefficient (Wildman–Crippen LogP) is 1.03. The largest absolute Gasteiger partial charge is 0.352 e. The van der Waals surface area contributed by atoms with Gasteiger partial charge in [-0.25, -0.2) is 0 Å². The molecule has 0 unspecified atom stereocenters. The highest BCUT2D eigenvalue weighted by Crippen LogP contribution is 2.26. The molecule has 0 spiro atoms. The summed E-state index contributed by atoms with van der Waals surface area (Å²) in [6.07, 6.45) is 6.89. The molecule has 1 aliphatic heterocycles. The van der Waals surface area contributed by atoms with Gasteiger partial charge >= 0.3 is 0 Å². The Labute approximate surface area is 131 Å². The Morgan fingerprint density at radius 1 is 1.23 bits per heavy atom. The first kappa shape index (κ1) is 15.2. The van der Waals surface area contributed by atoms with Crippen LogP contribution in [-0.4, -0.2) is 53.2 Å². The average molecular weight is 303 g/mol. The van der Waals surface area contributed by atoms with Gasteiger partial charge in [0.05, 0.1) is 0 Å². The number of anilines is 1. The minimum atomic E-state index is 0.207. The van der Waals surface area contributed by atoms with Gasteiger partial charge in [0.2, 0.25) is 5.91 Å². The molecule has 0 radical (unpaired) electrons. The van der Waals surface area contributed by atoms with Gasteiger partial charge in [-0.2, -0.15) is 5.10 Å². The van der Waals surface area contributed by atoms with E-state index in [1.807, 2.05) is 17.0 Å². The van der Waals surface area contributed by atoms with E-state index in [-0.39, 0.29) is 11.9 Å². The maximum absolute atomic E-state index is 12.5. The van der Waals surface area contributed by atoms with Gasteiger partial charge in [0, 0.05) is 44.8 Å². The van der Waals surface area contributed by atoms with E-state index < -0.39 is 0 Å². The van der Waals surface area contributed by atoms with Crippen molar-refractivity contribution in [2.24, 2.45) is 11.7 Å². The Hall–Kier alpha value is -1.69. The maximum atomic E-state index is 12.5. The summed E-state index contributed by atoms with van der Waals surface area (Å²) in [5, 5.41) is 8.05. The number of amides is 1. The fraction of sp³-hybridized carbons (Fsp3) is 0.688. The molecule has 1 saturated carbocycles. The molecule has 2 atom stereocenters. The number of hydrogen-bond acceptors (Lipinski definition) is 5. The summed E-state index contributed by atoms with van der Waals surface area (Å²) in [7, 11) is 0. The second-order valence-corrected chi connectivity index (χ2v) is 6.36. The third-order valence-corrected chi connectivity index (χ3v) is 4.92. The number of hydrogen-bond donors (Lipinski definition) is 1. The number of nitrogens with zero attached hydrogens (tertiary/aromatic N) is 4. The molecule has 2 N–H and O–H groups in total. The molecule has 6 heteroatoms. The fourth-order valence-corrected chi connectivity index (χ4v) is 3.49. The number of carbonyl (C=O) groups is 1. The van der Waals surface area contributed by atoms with E-state index in [2.05, 4.69) is 15.1 Å². The average Bonchev–Trinajstić information content (AvgIpc) is 2.58. The Morgan fingerprint density at radius 3 is 2.68 bits per heavy atom. The fourth-order valence-electron chi connectivity index (χ4n) is 3.49. The molecule has 120 valence electrons. The molecule has 1 amide bonds. The van der Waals surface area contributed by atoms with Crippen molar-refractivity contribution >= 4 is 11.7 Å². The van der Waals surface area contributed by atoms with E-state index >= 15 is 0 Å². The van der Waals surface area contributed by atoms with E-state index in [0.29, 0.717) is 12.3 Å². The van der Waals surface area contributed by atoms with Crippen molar-refractivity contribution in [1.29, 1.82) is 0 Å². The lowest BCUT2D eigenvalue weighted by Gasteiger charge is -2.36. The van der Waals surface area contributed by atoms with Crippen molar-refractivity contribution in [1.82, 2.24) is 15.1 Å². The van der Waals surface area contributed by atoms with Gasteiger partial charge < -0.3 is 15.5 Å². The summed E-state index contributed by atoms with van der Waals surface area (Å²) in [5.74, 6) is 1.53. The van der Waals surface area contributed by atoms with Gasteiger partial charge in [-0.3, -0.25) is 4.79 Å². The van der Waals surface area contributed by atoms with Crippen LogP contribution in [0.25, 0.3) is 0 Å². The molecule has 2 aliphatic rings. The van der Waals surface area contributed by atoms with Crippen LogP contribution in [0.2, 0.25) is 0 Å². The summed E-state index contributed by atoms with van der Waals surface area (Å²) in [4.78, 5) is 16.6. The highest BCUT2D eigenvalue weighted by atomic mass is 16.2. The Kier molecular flexibility index (Phi) is 4.87. The molecular formula is C16H25N5O. The second-order valence-electron chi connectivity index (χ2n) is 6.36. The molecule has 2 fully saturated rings. The second kappa shape index (κ2) is 7.05. The van der Waals surface area contributed by atoms with Crippen molar-refractivity contribution in [3.05, 3.63) is 18.3 Å². The third kappa shape index (κ3) is 3.55. The lowest BCUT2D eigenvalue weighted by Crippen LogP contribution is -2.50. The van der Waals surface area contributed by atoms with E-state index in [1.165, 1.54) is 12.8 Å². The van der Waals surface area contributed by atoms with Gasteiger partial charge in [-0.05, 0) is 30.9 Å². The van der Waals surface area contributed by atoms with Crippen molar-refractivity contribution in [3.63, 3.8) is 0 Å². The van der Waals surface area contributed by atoms with Gasteiger partial charge in [0.25, 0.3) is 0 Å². The molecule has 1 saturated heterocycles.